The fourth-order valence-electron chi connectivity index (χ4n) is 2.65. The molecule has 1 N–H and O–H groups in total. The molecule has 0 radical (unpaired) electrons. The van der Waals surface area contributed by atoms with Gasteiger partial charge in [0.2, 0.25) is 0 Å². The summed E-state index contributed by atoms with van der Waals surface area (Å²) in [6.07, 6.45) is 5.91. The minimum absolute atomic E-state index is 0.0412. The number of carbonyl (C=O) groups excluding carboxylic acids is 1. The third-order valence-electron chi connectivity index (χ3n) is 3.80. The number of benzene rings is 1. The number of aromatic nitrogens is 2. The maximum absolute atomic E-state index is 12.4. The van der Waals surface area contributed by atoms with Crippen LogP contribution in [0.4, 0.5) is 10.5 Å². The van der Waals surface area contributed by atoms with Crippen LogP contribution in [0.5, 0.6) is 0 Å². The van der Waals surface area contributed by atoms with Crippen LogP contribution in [0, 0.1) is 0 Å². The monoisotopic (exact) mass is 328 g/mol. The van der Waals surface area contributed by atoms with Gasteiger partial charge in [0.25, 0.3) is 0 Å². The number of hydrogen-bond donors (Lipinski definition) is 1. The normalized spacial score (nSPS) is 17.6. The first-order chi connectivity index (χ1) is 11.1. The van der Waals surface area contributed by atoms with Gasteiger partial charge in [0.15, 0.2) is 5.15 Å². The Morgan fingerprint density at radius 1 is 1.26 bits per heavy atom. The minimum atomic E-state index is -0.107. The summed E-state index contributed by atoms with van der Waals surface area (Å²) >= 11 is 6.10. The Morgan fingerprint density at radius 2 is 2.00 bits per heavy atom. The summed E-state index contributed by atoms with van der Waals surface area (Å²) in [7, 11) is 0. The molecule has 1 aromatic heterocycles. The van der Waals surface area contributed by atoms with E-state index in [1.54, 1.807) is 17.3 Å². The molecule has 1 aliphatic heterocycles. The van der Waals surface area contributed by atoms with Gasteiger partial charge in [0.05, 0.1) is 0 Å². The molecule has 0 saturated heterocycles. The first-order valence-electron chi connectivity index (χ1n) is 7.45. The Labute approximate surface area is 140 Å². The second kappa shape index (κ2) is 6.79. The molecule has 2 amide bonds. The lowest BCUT2D eigenvalue weighted by molar-refractivity contribution is 0.202. The van der Waals surface area contributed by atoms with Crippen molar-refractivity contribution in [2.24, 2.45) is 0 Å². The lowest BCUT2D eigenvalue weighted by atomic mass is 10.0. The average Bonchev–Trinajstić information content (AvgIpc) is 2.56. The van der Waals surface area contributed by atoms with Crippen molar-refractivity contribution >= 4 is 28.9 Å². The van der Waals surface area contributed by atoms with Gasteiger partial charge in [-0.25, -0.2) is 9.78 Å². The molecule has 118 valence electrons. The lowest BCUT2D eigenvalue weighted by Gasteiger charge is -2.32. The standard InChI is InChI=1S/C17H17ClN4O/c1-12-11-13(15-16(18)20-9-8-19-15)7-10-22(12)17(23)21-14-5-3-2-4-6-14/h2-6,8-9,11-12H,7,10H2,1H3,(H,21,23)/t12-/m1/s1. The number of amides is 2. The van der Waals surface area contributed by atoms with Gasteiger partial charge in [-0.05, 0) is 31.1 Å². The van der Waals surface area contributed by atoms with Gasteiger partial charge in [0.1, 0.15) is 5.69 Å². The third kappa shape index (κ3) is 3.51. The van der Waals surface area contributed by atoms with E-state index in [4.69, 9.17) is 11.6 Å². The smallest absolute Gasteiger partial charge is 0.318 e. The number of para-hydroxylation sites is 1. The molecule has 2 heterocycles. The van der Waals surface area contributed by atoms with Crippen LogP contribution in [-0.4, -0.2) is 33.5 Å². The summed E-state index contributed by atoms with van der Waals surface area (Å²) in [5.41, 5.74) is 2.51. The summed E-state index contributed by atoms with van der Waals surface area (Å²) in [5.74, 6) is 0. The quantitative estimate of drug-likeness (QED) is 0.911. The van der Waals surface area contributed by atoms with Crippen molar-refractivity contribution in [1.29, 1.82) is 0 Å². The second-order valence-corrected chi connectivity index (χ2v) is 5.73. The highest BCUT2D eigenvalue weighted by Gasteiger charge is 2.25. The van der Waals surface area contributed by atoms with Crippen molar-refractivity contribution in [3.63, 3.8) is 0 Å². The predicted octanol–water partition coefficient (Wildman–Crippen LogP) is 3.84. The highest BCUT2D eigenvalue weighted by Crippen LogP contribution is 2.27. The summed E-state index contributed by atoms with van der Waals surface area (Å²) < 4.78 is 0. The molecule has 0 aliphatic carbocycles. The number of nitrogens with one attached hydrogen (secondary N) is 1. The molecule has 0 spiro atoms. The Kier molecular flexibility index (Phi) is 4.57. The van der Waals surface area contributed by atoms with E-state index in [1.165, 1.54) is 0 Å². The van der Waals surface area contributed by atoms with Crippen LogP contribution < -0.4 is 5.32 Å². The molecule has 0 saturated carbocycles. The maximum Gasteiger partial charge on any atom is 0.322 e. The summed E-state index contributed by atoms with van der Waals surface area (Å²) in [6, 6.07) is 9.29. The Bertz CT molecular complexity index is 732. The number of halogens is 1. The highest BCUT2D eigenvalue weighted by atomic mass is 35.5. The maximum atomic E-state index is 12.4. The van der Waals surface area contributed by atoms with E-state index in [-0.39, 0.29) is 12.1 Å². The molecule has 1 aliphatic rings. The lowest BCUT2D eigenvalue weighted by Crippen LogP contribution is -2.43. The molecule has 6 heteroatoms. The zero-order valence-corrected chi connectivity index (χ0v) is 13.5. The van der Waals surface area contributed by atoms with E-state index in [2.05, 4.69) is 15.3 Å². The van der Waals surface area contributed by atoms with Crippen molar-refractivity contribution < 1.29 is 4.79 Å². The fourth-order valence-corrected chi connectivity index (χ4v) is 2.87. The van der Waals surface area contributed by atoms with E-state index in [0.29, 0.717) is 23.8 Å². The van der Waals surface area contributed by atoms with E-state index in [9.17, 15) is 4.79 Å². The van der Waals surface area contributed by atoms with E-state index < -0.39 is 0 Å². The Morgan fingerprint density at radius 3 is 2.70 bits per heavy atom. The SMILES string of the molecule is C[C@@H]1C=C(c2nccnc2Cl)CCN1C(=O)Nc1ccccc1. The van der Waals surface area contributed by atoms with E-state index >= 15 is 0 Å². The largest absolute Gasteiger partial charge is 0.322 e. The molecule has 0 fully saturated rings. The van der Waals surface area contributed by atoms with Gasteiger partial charge in [0, 0.05) is 30.7 Å². The molecule has 0 unspecified atom stereocenters. The molecule has 3 rings (SSSR count). The van der Waals surface area contributed by atoms with Crippen LogP contribution in [0.1, 0.15) is 19.0 Å². The van der Waals surface area contributed by atoms with Crippen LogP contribution in [0.2, 0.25) is 5.15 Å². The molecular formula is C17H17ClN4O. The first kappa shape index (κ1) is 15.5. The summed E-state index contributed by atoms with van der Waals surface area (Å²) in [6.45, 7) is 2.59. The van der Waals surface area contributed by atoms with Gasteiger partial charge < -0.3 is 10.2 Å². The number of carbonyl (C=O) groups is 1. The highest BCUT2D eigenvalue weighted by molar-refractivity contribution is 6.30. The first-order valence-corrected chi connectivity index (χ1v) is 7.83. The van der Waals surface area contributed by atoms with Crippen molar-refractivity contribution in [3.8, 4) is 0 Å². The third-order valence-corrected chi connectivity index (χ3v) is 4.08. The molecule has 2 aromatic rings. The Balaban J connectivity index is 1.73. The van der Waals surface area contributed by atoms with Gasteiger partial charge in [-0.1, -0.05) is 35.9 Å². The zero-order valence-electron chi connectivity index (χ0n) is 12.7. The molecule has 5 nitrogen and oxygen atoms in total. The van der Waals surface area contributed by atoms with Gasteiger partial charge in [-0.3, -0.25) is 4.98 Å². The zero-order chi connectivity index (χ0) is 16.2. The topological polar surface area (TPSA) is 58.1 Å². The van der Waals surface area contributed by atoms with Crippen molar-refractivity contribution in [1.82, 2.24) is 14.9 Å². The van der Waals surface area contributed by atoms with Crippen LogP contribution >= 0.6 is 11.6 Å². The number of urea groups is 1. The van der Waals surface area contributed by atoms with Crippen LogP contribution in [0.25, 0.3) is 5.57 Å². The van der Waals surface area contributed by atoms with E-state index in [0.717, 1.165) is 11.3 Å². The number of anilines is 1. The molecule has 1 aromatic carbocycles. The van der Waals surface area contributed by atoms with E-state index in [1.807, 2.05) is 43.3 Å². The molecular weight excluding hydrogens is 312 g/mol. The van der Waals surface area contributed by atoms with Crippen LogP contribution in [0.3, 0.4) is 0 Å². The fraction of sp³-hybridized carbons (Fsp3) is 0.235. The molecule has 23 heavy (non-hydrogen) atoms. The number of hydrogen-bond acceptors (Lipinski definition) is 3. The Hall–Kier alpha value is -2.40. The van der Waals surface area contributed by atoms with Crippen LogP contribution in [-0.2, 0) is 0 Å². The minimum Gasteiger partial charge on any atom is -0.318 e. The van der Waals surface area contributed by atoms with Crippen molar-refractivity contribution in [3.05, 3.63) is 59.6 Å². The summed E-state index contributed by atoms with van der Waals surface area (Å²) in [4.78, 5) is 22.6. The van der Waals surface area contributed by atoms with Crippen molar-refractivity contribution in [2.45, 2.75) is 19.4 Å². The second-order valence-electron chi connectivity index (χ2n) is 5.37. The van der Waals surface area contributed by atoms with Gasteiger partial charge >= 0.3 is 6.03 Å². The average molecular weight is 329 g/mol. The molecule has 1 atom stereocenters. The predicted molar refractivity (Wildman–Crippen MR) is 91.3 cm³/mol. The molecule has 0 bridgehead atoms. The number of rotatable bonds is 2. The van der Waals surface area contributed by atoms with Gasteiger partial charge in [-0.2, -0.15) is 0 Å². The van der Waals surface area contributed by atoms with Crippen molar-refractivity contribution in [2.75, 3.05) is 11.9 Å². The number of nitrogens with zero attached hydrogens (tertiary/aromatic N) is 3. The summed E-state index contributed by atoms with van der Waals surface area (Å²) in [5, 5.41) is 3.31. The van der Waals surface area contributed by atoms with Gasteiger partial charge in [-0.15, -0.1) is 0 Å². The van der Waals surface area contributed by atoms with Crippen LogP contribution in [0.15, 0.2) is 48.8 Å².